The monoisotopic (exact) mass is 362 g/mol. The molecule has 0 aliphatic carbocycles. The Morgan fingerprint density at radius 3 is 2.44 bits per heavy atom. The summed E-state index contributed by atoms with van der Waals surface area (Å²) in [6, 6.07) is 16.9. The third kappa shape index (κ3) is 4.41. The van der Waals surface area contributed by atoms with Crippen molar-refractivity contribution >= 4 is 23.1 Å². The Hall–Kier alpha value is -3.41. The molecule has 1 heterocycles. The summed E-state index contributed by atoms with van der Waals surface area (Å²) in [4.78, 5) is 20.9. The van der Waals surface area contributed by atoms with Crippen molar-refractivity contribution in [3.63, 3.8) is 0 Å². The number of methoxy groups -OCH3 is 1. The van der Waals surface area contributed by atoms with Gasteiger partial charge in [0.05, 0.1) is 12.8 Å². The van der Waals surface area contributed by atoms with E-state index in [2.05, 4.69) is 40.5 Å². The molecule has 0 atom stereocenters. The molecule has 6 heteroatoms. The number of amides is 1. The number of ether oxygens (including phenoxy) is 1. The Balaban J connectivity index is 1.81. The van der Waals surface area contributed by atoms with Crippen LogP contribution in [0.15, 0.2) is 60.9 Å². The predicted molar refractivity (Wildman–Crippen MR) is 107 cm³/mol. The van der Waals surface area contributed by atoms with Crippen molar-refractivity contribution in [1.82, 2.24) is 9.97 Å². The summed E-state index contributed by atoms with van der Waals surface area (Å²) < 4.78 is 5.26. The second-order valence-electron chi connectivity index (χ2n) is 6.31. The fourth-order valence-electron chi connectivity index (χ4n) is 2.74. The number of benzene rings is 2. The van der Waals surface area contributed by atoms with E-state index < -0.39 is 0 Å². The van der Waals surface area contributed by atoms with Crippen LogP contribution in [0, 0.1) is 0 Å². The molecule has 0 aliphatic rings. The van der Waals surface area contributed by atoms with Gasteiger partial charge in [0.15, 0.2) is 0 Å². The van der Waals surface area contributed by atoms with Gasteiger partial charge >= 0.3 is 0 Å². The van der Waals surface area contributed by atoms with Crippen molar-refractivity contribution in [3.8, 4) is 5.75 Å². The molecule has 0 unspecified atom stereocenters. The van der Waals surface area contributed by atoms with Gasteiger partial charge in [-0.15, -0.1) is 0 Å². The van der Waals surface area contributed by atoms with Crippen molar-refractivity contribution in [3.05, 3.63) is 72.2 Å². The van der Waals surface area contributed by atoms with Crippen molar-refractivity contribution in [1.29, 1.82) is 0 Å². The van der Waals surface area contributed by atoms with Gasteiger partial charge in [-0.05, 0) is 29.7 Å². The van der Waals surface area contributed by atoms with Crippen LogP contribution in [0.3, 0.4) is 0 Å². The minimum Gasteiger partial charge on any atom is -0.495 e. The van der Waals surface area contributed by atoms with Crippen LogP contribution in [0.2, 0.25) is 0 Å². The molecule has 1 aromatic heterocycles. The van der Waals surface area contributed by atoms with Crippen LogP contribution in [-0.2, 0) is 0 Å². The van der Waals surface area contributed by atoms with E-state index in [0.717, 1.165) is 5.69 Å². The summed E-state index contributed by atoms with van der Waals surface area (Å²) in [5.41, 5.74) is 2.99. The maximum absolute atomic E-state index is 12.6. The maximum atomic E-state index is 12.6. The molecule has 0 radical (unpaired) electrons. The number of para-hydroxylation sites is 3. The summed E-state index contributed by atoms with van der Waals surface area (Å²) in [5.74, 6) is 1.18. The standard InChI is InChI=1S/C21H22N4O2/c1-14(2)15-8-4-5-9-16(15)24-20-12-18(22-13-23-20)21(26)25-17-10-6-7-11-19(17)27-3/h4-14H,1-3H3,(H,25,26)(H,22,23,24). The number of nitrogens with zero attached hydrogens (tertiary/aromatic N) is 2. The van der Waals surface area contributed by atoms with Gasteiger partial charge in [-0.25, -0.2) is 9.97 Å². The van der Waals surface area contributed by atoms with Crippen molar-refractivity contribution in [2.24, 2.45) is 0 Å². The maximum Gasteiger partial charge on any atom is 0.274 e. The van der Waals surface area contributed by atoms with Gasteiger partial charge < -0.3 is 15.4 Å². The van der Waals surface area contributed by atoms with Crippen LogP contribution >= 0.6 is 0 Å². The molecule has 0 bridgehead atoms. The highest BCUT2D eigenvalue weighted by atomic mass is 16.5. The van der Waals surface area contributed by atoms with Gasteiger partial charge in [0.25, 0.3) is 5.91 Å². The molecule has 0 spiro atoms. The zero-order chi connectivity index (χ0) is 19.2. The number of carbonyl (C=O) groups is 1. The topological polar surface area (TPSA) is 76.1 Å². The number of aromatic nitrogens is 2. The molecule has 3 rings (SSSR count). The average Bonchev–Trinajstić information content (AvgIpc) is 2.69. The van der Waals surface area contributed by atoms with Crippen LogP contribution in [0.25, 0.3) is 0 Å². The van der Waals surface area contributed by atoms with E-state index in [-0.39, 0.29) is 11.6 Å². The fourth-order valence-corrected chi connectivity index (χ4v) is 2.74. The molecule has 138 valence electrons. The first-order valence-electron chi connectivity index (χ1n) is 8.71. The van der Waals surface area contributed by atoms with E-state index in [1.807, 2.05) is 30.3 Å². The van der Waals surface area contributed by atoms with E-state index in [4.69, 9.17) is 4.74 Å². The van der Waals surface area contributed by atoms with Gasteiger partial charge in [-0.3, -0.25) is 4.79 Å². The molecule has 0 saturated heterocycles. The van der Waals surface area contributed by atoms with Crippen LogP contribution in [-0.4, -0.2) is 23.0 Å². The quantitative estimate of drug-likeness (QED) is 0.670. The average molecular weight is 362 g/mol. The smallest absolute Gasteiger partial charge is 0.274 e. The normalized spacial score (nSPS) is 10.5. The molecule has 2 aromatic carbocycles. The summed E-state index contributed by atoms with van der Waals surface area (Å²) in [5, 5.41) is 6.10. The van der Waals surface area contributed by atoms with Gasteiger partial charge in [-0.2, -0.15) is 0 Å². The Morgan fingerprint density at radius 2 is 1.70 bits per heavy atom. The predicted octanol–water partition coefficient (Wildman–Crippen LogP) is 4.60. The minimum atomic E-state index is -0.331. The minimum absolute atomic E-state index is 0.264. The Morgan fingerprint density at radius 1 is 1.00 bits per heavy atom. The summed E-state index contributed by atoms with van der Waals surface area (Å²) >= 11 is 0. The Kier molecular flexibility index (Phi) is 5.66. The zero-order valence-corrected chi connectivity index (χ0v) is 15.6. The fraction of sp³-hybridized carbons (Fsp3) is 0.190. The highest BCUT2D eigenvalue weighted by Crippen LogP contribution is 2.27. The SMILES string of the molecule is COc1ccccc1NC(=O)c1cc(Nc2ccccc2C(C)C)ncn1. The van der Waals surface area contributed by atoms with E-state index in [0.29, 0.717) is 23.2 Å². The molecular formula is C21H22N4O2. The summed E-state index contributed by atoms with van der Waals surface area (Å²) in [6.45, 7) is 4.26. The lowest BCUT2D eigenvalue weighted by Crippen LogP contribution is -2.15. The van der Waals surface area contributed by atoms with Gasteiger partial charge in [0, 0.05) is 11.8 Å². The van der Waals surface area contributed by atoms with E-state index in [1.54, 1.807) is 25.3 Å². The molecule has 0 aliphatic heterocycles. The molecule has 2 N–H and O–H groups in total. The van der Waals surface area contributed by atoms with E-state index in [9.17, 15) is 4.79 Å². The second-order valence-corrected chi connectivity index (χ2v) is 6.31. The number of rotatable bonds is 6. The van der Waals surface area contributed by atoms with E-state index >= 15 is 0 Å². The van der Waals surface area contributed by atoms with Gasteiger partial charge in [-0.1, -0.05) is 44.2 Å². The Labute approximate surface area is 158 Å². The van der Waals surface area contributed by atoms with Crippen LogP contribution < -0.4 is 15.4 Å². The van der Waals surface area contributed by atoms with Crippen molar-refractivity contribution < 1.29 is 9.53 Å². The second kappa shape index (κ2) is 8.31. The lowest BCUT2D eigenvalue weighted by molar-refractivity contribution is 0.102. The molecule has 0 fully saturated rings. The first-order valence-corrected chi connectivity index (χ1v) is 8.71. The lowest BCUT2D eigenvalue weighted by Gasteiger charge is -2.14. The summed E-state index contributed by atoms with van der Waals surface area (Å²) in [6.07, 6.45) is 1.37. The lowest BCUT2D eigenvalue weighted by atomic mass is 10.0. The molecule has 3 aromatic rings. The first kappa shape index (κ1) is 18.4. The number of hydrogen-bond acceptors (Lipinski definition) is 5. The highest BCUT2D eigenvalue weighted by molar-refractivity contribution is 6.04. The molecule has 1 amide bonds. The van der Waals surface area contributed by atoms with Crippen LogP contribution in [0.5, 0.6) is 5.75 Å². The third-order valence-electron chi connectivity index (χ3n) is 4.10. The number of nitrogens with one attached hydrogen (secondary N) is 2. The van der Waals surface area contributed by atoms with Crippen molar-refractivity contribution in [2.75, 3.05) is 17.7 Å². The van der Waals surface area contributed by atoms with E-state index in [1.165, 1.54) is 11.9 Å². The van der Waals surface area contributed by atoms with Crippen molar-refractivity contribution in [2.45, 2.75) is 19.8 Å². The molecule has 27 heavy (non-hydrogen) atoms. The largest absolute Gasteiger partial charge is 0.495 e. The molecule has 0 saturated carbocycles. The number of hydrogen-bond donors (Lipinski definition) is 2. The van der Waals surface area contributed by atoms with Gasteiger partial charge in [0.1, 0.15) is 23.6 Å². The van der Waals surface area contributed by atoms with Crippen LogP contribution in [0.1, 0.15) is 35.8 Å². The summed E-state index contributed by atoms with van der Waals surface area (Å²) in [7, 11) is 1.56. The molecule has 6 nitrogen and oxygen atoms in total. The Bertz CT molecular complexity index is 941. The first-order chi connectivity index (χ1) is 13.1. The third-order valence-corrected chi connectivity index (χ3v) is 4.10. The zero-order valence-electron chi connectivity index (χ0n) is 15.6. The van der Waals surface area contributed by atoms with Crippen LogP contribution in [0.4, 0.5) is 17.2 Å². The molecular weight excluding hydrogens is 340 g/mol. The van der Waals surface area contributed by atoms with Gasteiger partial charge in [0.2, 0.25) is 0 Å². The highest BCUT2D eigenvalue weighted by Gasteiger charge is 2.13. The number of anilines is 3. The number of carbonyl (C=O) groups excluding carboxylic acids is 1.